The maximum atomic E-state index is 11.9. The van der Waals surface area contributed by atoms with E-state index in [9.17, 15) is 8.42 Å². The number of sulfone groups is 1. The molecule has 8 nitrogen and oxygen atoms in total. The van der Waals surface area contributed by atoms with Crippen molar-refractivity contribution in [1.82, 2.24) is 20.2 Å². The minimum Gasteiger partial charge on any atom is -0.353 e. The summed E-state index contributed by atoms with van der Waals surface area (Å²) in [5, 5.41) is 8.68. The zero-order chi connectivity index (χ0) is 19.3. The number of anilines is 2. The predicted molar refractivity (Wildman–Crippen MR) is 106 cm³/mol. The summed E-state index contributed by atoms with van der Waals surface area (Å²) in [7, 11) is -3.01. The van der Waals surface area contributed by atoms with Crippen LogP contribution < -0.4 is 9.80 Å². The molecule has 4 heterocycles. The van der Waals surface area contributed by atoms with Crippen LogP contribution in [0.2, 0.25) is 0 Å². The van der Waals surface area contributed by atoms with Gasteiger partial charge in [0.05, 0.1) is 17.2 Å². The molecule has 1 aliphatic carbocycles. The van der Waals surface area contributed by atoms with Crippen LogP contribution in [0.5, 0.6) is 0 Å². The van der Waals surface area contributed by atoms with Gasteiger partial charge in [-0.1, -0.05) is 0 Å². The number of piperazine rings is 1. The number of hydrogen-bond donors (Lipinski definition) is 0. The molecule has 1 saturated heterocycles. The van der Waals surface area contributed by atoms with Gasteiger partial charge in [0.2, 0.25) is 0 Å². The summed E-state index contributed by atoms with van der Waals surface area (Å²) < 4.78 is 23.9. The molecule has 9 heteroatoms. The topological polar surface area (TPSA) is 92.2 Å². The summed E-state index contributed by atoms with van der Waals surface area (Å²) in [4.78, 5) is 13.9. The monoisotopic (exact) mass is 400 g/mol. The van der Waals surface area contributed by atoms with Gasteiger partial charge in [0.1, 0.15) is 11.6 Å². The van der Waals surface area contributed by atoms with Crippen LogP contribution in [-0.4, -0.2) is 60.5 Å². The van der Waals surface area contributed by atoms with Crippen LogP contribution in [-0.2, 0) is 34.9 Å². The van der Waals surface area contributed by atoms with Crippen molar-refractivity contribution in [3.8, 4) is 0 Å². The molecule has 5 rings (SSSR count). The van der Waals surface area contributed by atoms with Crippen molar-refractivity contribution in [3.63, 3.8) is 0 Å². The Labute approximate surface area is 164 Å². The molecule has 0 amide bonds. The van der Waals surface area contributed by atoms with Crippen molar-refractivity contribution >= 4 is 21.5 Å². The van der Waals surface area contributed by atoms with E-state index in [-0.39, 0.29) is 11.5 Å². The first kappa shape index (κ1) is 17.8. The van der Waals surface area contributed by atoms with Gasteiger partial charge in [-0.3, -0.25) is 0 Å². The highest BCUT2D eigenvalue weighted by Crippen LogP contribution is 2.30. The maximum Gasteiger partial charge on any atom is 0.154 e. The quantitative estimate of drug-likeness (QED) is 0.733. The van der Waals surface area contributed by atoms with Crippen molar-refractivity contribution in [3.05, 3.63) is 34.4 Å². The molecular weight excluding hydrogens is 376 g/mol. The average molecular weight is 401 g/mol. The lowest BCUT2D eigenvalue weighted by Gasteiger charge is -2.37. The third-order valence-electron chi connectivity index (χ3n) is 5.90. The molecule has 3 aliphatic rings. The first-order valence-electron chi connectivity index (χ1n) is 9.91. The van der Waals surface area contributed by atoms with Crippen LogP contribution in [0, 0.1) is 6.92 Å². The third kappa shape index (κ3) is 3.21. The maximum absolute atomic E-state index is 11.9. The Morgan fingerprint density at radius 2 is 1.71 bits per heavy atom. The van der Waals surface area contributed by atoms with Crippen LogP contribution in [0.4, 0.5) is 11.6 Å². The molecule has 1 fully saturated rings. The Morgan fingerprint density at radius 1 is 0.929 bits per heavy atom. The van der Waals surface area contributed by atoms with Gasteiger partial charge in [-0.25, -0.2) is 18.4 Å². The Hall–Kier alpha value is -2.29. The van der Waals surface area contributed by atoms with Crippen LogP contribution in [0.15, 0.2) is 6.07 Å². The van der Waals surface area contributed by atoms with E-state index in [1.54, 1.807) is 0 Å². The van der Waals surface area contributed by atoms with E-state index < -0.39 is 9.84 Å². The predicted octanol–water partition coefficient (Wildman–Crippen LogP) is 0.861. The molecule has 2 aliphatic heterocycles. The molecule has 148 valence electrons. The number of nitrogens with zero attached hydrogens (tertiary/aromatic N) is 6. The summed E-state index contributed by atoms with van der Waals surface area (Å²) in [5.74, 6) is 2.98. The minimum atomic E-state index is -3.01. The van der Waals surface area contributed by atoms with Gasteiger partial charge in [-0.05, 0) is 37.8 Å². The number of rotatable bonds is 2. The molecule has 0 atom stereocenters. The largest absolute Gasteiger partial charge is 0.353 e. The van der Waals surface area contributed by atoms with Gasteiger partial charge in [0.15, 0.2) is 15.7 Å². The Kier molecular flexibility index (Phi) is 4.22. The molecule has 2 aromatic rings. The molecule has 2 aromatic heterocycles. The van der Waals surface area contributed by atoms with Crippen LogP contribution >= 0.6 is 0 Å². The van der Waals surface area contributed by atoms with Gasteiger partial charge < -0.3 is 9.80 Å². The van der Waals surface area contributed by atoms with E-state index in [2.05, 4.69) is 25.0 Å². The fourth-order valence-electron chi connectivity index (χ4n) is 4.44. The van der Waals surface area contributed by atoms with E-state index in [1.165, 1.54) is 11.3 Å². The second-order valence-electron chi connectivity index (χ2n) is 7.86. The Morgan fingerprint density at radius 3 is 2.54 bits per heavy atom. The second-order valence-corrected chi connectivity index (χ2v) is 10.0. The van der Waals surface area contributed by atoms with Crippen LogP contribution in [0.25, 0.3) is 0 Å². The lowest BCUT2D eigenvalue weighted by Crippen LogP contribution is -2.47. The summed E-state index contributed by atoms with van der Waals surface area (Å²) in [6, 6.07) is 1.92. The molecule has 28 heavy (non-hydrogen) atoms. The number of aryl methyl sites for hydroxylation is 3. The van der Waals surface area contributed by atoms with Gasteiger partial charge in [-0.2, -0.15) is 5.10 Å². The molecular formula is C19H24N6O2S. The Bertz CT molecular complexity index is 1030. The average Bonchev–Trinajstić information content (AvgIpc) is 3.14. The molecule has 0 radical (unpaired) electrons. The highest BCUT2D eigenvalue weighted by Gasteiger charge is 2.27. The second kappa shape index (κ2) is 6.65. The Balaban J connectivity index is 1.33. The van der Waals surface area contributed by atoms with Gasteiger partial charge in [-0.15, -0.1) is 5.10 Å². The van der Waals surface area contributed by atoms with Crippen molar-refractivity contribution in [2.45, 2.75) is 38.4 Å². The van der Waals surface area contributed by atoms with E-state index in [4.69, 9.17) is 4.98 Å². The fourth-order valence-corrected chi connectivity index (χ4v) is 5.81. The normalized spacial score (nSPS) is 20.8. The summed E-state index contributed by atoms with van der Waals surface area (Å²) >= 11 is 0. The highest BCUT2D eigenvalue weighted by atomic mass is 32.2. The standard InChI is InChI=1S/C19H24N6O2S/c1-13-20-17-4-2-3-15(17)19(21-13)25-8-6-24(7-9-25)18-11-14-12-28(26,27)10-5-16(14)22-23-18/h11H,2-10,12H2,1H3. The summed E-state index contributed by atoms with van der Waals surface area (Å²) in [6.45, 7) is 5.32. The summed E-state index contributed by atoms with van der Waals surface area (Å²) in [5.41, 5.74) is 4.16. The lowest BCUT2D eigenvalue weighted by atomic mass is 10.1. The molecule has 0 aromatic carbocycles. The van der Waals surface area contributed by atoms with Crippen LogP contribution in [0.1, 0.15) is 34.8 Å². The molecule has 0 N–H and O–H groups in total. The van der Waals surface area contributed by atoms with Gasteiger partial charge >= 0.3 is 0 Å². The van der Waals surface area contributed by atoms with Crippen molar-refractivity contribution in [1.29, 1.82) is 0 Å². The van der Waals surface area contributed by atoms with E-state index in [0.717, 1.165) is 74.2 Å². The van der Waals surface area contributed by atoms with E-state index in [0.29, 0.717) is 6.42 Å². The molecule has 0 spiro atoms. The third-order valence-corrected chi connectivity index (χ3v) is 7.48. The first-order chi connectivity index (χ1) is 13.5. The fraction of sp³-hybridized carbons (Fsp3) is 0.579. The SMILES string of the molecule is Cc1nc2c(c(N3CCN(c4cc5c(nn4)CCS(=O)(=O)C5)CC3)n1)CCC2. The van der Waals surface area contributed by atoms with E-state index >= 15 is 0 Å². The molecule has 0 unspecified atom stereocenters. The number of fused-ring (bicyclic) bond motifs is 2. The lowest BCUT2D eigenvalue weighted by molar-refractivity contribution is 0.589. The highest BCUT2D eigenvalue weighted by molar-refractivity contribution is 7.90. The molecule has 0 bridgehead atoms. The summed E-state index contributed by atoms with van der Waals surface area (Å²) in [6.07, 6.45) is 3.75. The van der Waals surface area contributed by atoms with Gasteiger partial charge in [0.25, 0.3) is 0 Å². The number of hydrogen-bond acceptors (Lipinski definition) is 8. The zero-order valence-electron chi connectivity index (χ0n) is 16.1. The first-order valence-corrected chi connectivity index (χ1v) is 11.7. The van der Waals surface area contributed by atoms with Gasteiger partial charge in [0, 0.05) is 43.9 Å². The van der Waals surface area contributed by atoms with Crippen molar-refractivity contribution in [2.24, 2.45) is 0 Å². The van der Waals surface area contributed by atoms with E-state index in [1.807, 2.05) is 13.0 Å². The van der Waals surface area contributed by atoms with Crippen LogP contribution in [0.3, 0.4) is 0 Å². The minimum absolute atomic E-state index is 0.0805. The molecule has 0 saturated carbocycles. The smallest absolute Gasteiger partial charge is 0.154 e. The van der Waals surface area contributed by atoms with Crippen molar-refractivity contribution < 1.29 is 8.42 Å². The number of aromatic nitrogens is 4. The van der Waals surface area contributed by atoms with Crippen molar-refractivity contribution in [2.75, 3.05) is 41.7 Å². The zero-order valence-corrected chi connectivity index (χ0v) is 16.9.